The molecule has 1 aliphatic rings. The molecular formula is C31H31N3O3. The summed E-state index contributed by atoms with van der Waals surface area (Å²) in [5.74, 6) is -1.81. The molecule has 3 aromatic carbocycles. The van der Waals surface area contributed by atoms with E-state index in [1.54, 1.807) is 44.4 Å². The van der Waals surface area contributed by atoms with Crippen molar-refractivity contribution >= 4 is 17.5 Å². The zero-order valence-corrected chi connectivity index (χ0v) is 21.4. The van der Waals surface area contributed by atoms with Crippen LogP contribution < -0.4 is 0 Å². The molecule has 0 spiro atoms. The topological polar surface area (TPSA) is 81.5 Å². The maximum Gasteiger partial charge on any atom is 0.236 e. The minimum atomic E-state index is -0.573. The number of carbonyl (C=O) groups excluding carboxylic acids is 3. The van der Waals surface area contributed by atoms with E-state index < -0.39 is 17.8 Å². The number of likely N-dealkylation sites (N-methyl/N-ethyl adjacent to an activating group) is 1. The number of benzene rings is 3. The number of nitriles is 1. The predicted molar refractivity (Wildman–Crippen MR) is 142 cm³/mol. The van der Waals surface area contributed by atoms with Gasteiger partial charge in [-0.05, 0) is 24.1 Å². The molecule has 6 nitrogen and oxygen atoms in total. The lowest BCUT2D eigenvalue weighted by molar-refractivity contribution is -0.130. The number of likely N-dealkylation sites (tertiary alicyclic amines) is 1. The summed E-state index contributed by atoms with van der Waals surface area (Å²) in [5.41, 5.74) is 3.28. The predicted octanol–water partition coefficient (Wildman–Crippen LogP) is 4.35. The summed E-state index contributed by atoms with van der Waals surface area (Å²) in [6, 6.07) is 25.9. The highest BCUT2D eigenvalue weighted by Crippen LogP contribution is 2.42. The number of piperidine rings is 1. The van der Waals surface area contributed by atoms with Crippen molar-refractivity contribution in [3.8, 4) is 6.07 Å². The second kappa shape index (κ2) is 11.3. The Balaban J connectivity index is 1.87. The zero-order chi connectivity index (χ0) is 26.5. The second-order valence-corrected chi connectivity index (χ2v) is 9.81. The molecule has 188 valence electrons. The zero-order valence-electron chi connectivity index (χ0n) is 21.4. The highest BCUT2D eigenvalue weighted by Gasteiger charge is 2.45. The molecule has 0 radical (unpaired) electrons. The number of ketones is 2. The van der Waals surface area contributed by atoms with Crippen molar-refractivity contribution in [3.05, 3.63) is 107 Å². The fourth-order valence-electron chi connectivity index (χ4n) is 5.29. The Labute approximate surface area is 218 Å². The molecule has 0 unspecified atom stereocenters. The van der Waals surface area contributed by atoms with Crippen LogP contribution in [0.1, 0.15) is 43.3 Å². The summed E-state index contributed by atoms with van der Waals surface area (Å²) in [4.78, 5) is 44.2. The average molecular weight is 494 g/mol. The van der Waals surface area contributed by atoms with E-state index in [-0.39, 0.29) is 24.0 Å². The normalized spacial score (nSPS) is 18.1. The van der Waals surface area contributed by atoms with E-state index >= 15 is 0 Å². The van der Waals surface area contributed by atoms with Gasteiger partial charge in [0.2, 0.25) is 5.91 Å². The first-order chi connectivity index (χ1) is 17.8. The fourth-order valence-corrected chi connectivity index (χ4v) is 5.29. The van der Waals surface area contributed by atoms with Crippen LogP contribution in [-0.4, -0.2) is 61.0 Å². The monoisotopic (exact) mass is 493 g/mol. The van der Waals surface area contributed by atoms with Crippen molar-refractivity contribution in [1.29, 1.82) is 5.26 Å². The Morgan fingerprint density at radius 1 is 0.838 bits per heavy atom. The van der Waals surface area contributed by atoms with Gasteiger partial charge in [0.15, 0.2) is 11.6 Å². The van der Waals surface area contributed by atoms with Gasteiger partial charge in [-0.25, -0.2) is 0 Å². The molecule has 4 rings (SSSR count). The van der Waals surface area contributed by atoms with Crippen LogP contribution in [0.3, 0.4) is 0 Å². The molecule has 1 saturated heterocycles. The molecule has 3 aromatic rings. The number of amides is 1. The number of nitrogens with zero attached hydrogens (tertiary/aromatic N) is 3. The highest BCUT2D eigenvalue weighted by atomic mass is 16.2. The SMILES string of the molecule is Cc1c(C#N)cccc1C1[C@@H](C(=O)c2ccccc2)CN(CC(=O)N(C)C)C[C@@H]1C(=O)c1ccccc1. The average Bonchev–Trinajstić information content (AvgIpc) is 2.93. The third-order valence-corrected chi connectivity index (χ3v) is 7.28. The van der Waals surface area contributed by atoms with Gasteiger partial charge in [-0.1, -0.05) is 72.8 Å². The lowest BCUT2D eigenvalue weighted by Crippen LogP contribution is -2.52. The summed E-state index contributed by atoms with van der Waals surface area (Å²) < 4.78 is 0. The summed E-state index contributed by atoms with van der Waals surface area (Å²) in [6.07, 6.45) is 0. The van der Waals surface area contributed by atoms with Crippen molar-refractivity contribution in [1.82, 2.24) is 9.80 Å². The lowest BCUT2D eigenvalue weighted by Gasteiger charge is -2.43. The van der Waals surface area contributed by atoms with E-state index in [2.05, 4.69) is 6.07 Å². The quantitative estimate of drug-likeness (QED) is 0.457. The van der Waals surface area contributed by atoms with E-state index in [1.807, 2.05) is 60.4 Å². The smallest absolute Gasteiger partial charge is 0.236 e. The number of hydrogen-bond acceptors (Lipinski definition) is 5. The van der Waals surface area contributed by atoms with E-state index in [0.717, 1.165) is 11.1 Å². The first-order valence-electron chi connectivity index (χ1n) is 12.4. The molecule has 1 aliphatic heterocycles. The minimum absolute atomic E-state index is 0.0692. The van der Waals surface area contributed by atoms with Crippen LogP contribution >= 0.6 is 0 Å². The van der Waals surface area contributed by atoms with Gasteiger partial charge in [0, 0.05) is 56.1 Å². The van der Waals surface area contributed by atoms with Crippen LogP contribution in [0.5, 0.6) is 0 Å². The van der Waals surface area contributed by atoms with Crippen LogP contribution in [0.4, 0.5) is 0 Å². The Morgan fingerprint density at radius 2 is 1.35 bits per heavy atom. The molecule has 1 amide bonds. The van der Waals surface area contributed by atoms with Gasteiger partial charge in [-0.15, -0.1) is 0 Å². The van der Waals surface area contributed by atoms with E-state index in [0.29, 0.717) is 29.8 Å². The molecule has 1 heterocycles. The third kappa shape index (κ3) is 5.52. The molecule has 0 saturated carbocycles. The van der Waals surface area contributed by atoms with E-state index in [1.165, 1.54) is 4.90 Å². The summed E-state index contributed by atoms with van der Waals surface area (Å²) in [5, 5.41) is 9.71. The second-order valence-electron chi connectivity index (χ2n) is 9.81. The number of hydrogen-bond donors (Lipinski definition) is 0. The summed E-state index contributed by atoms with van der Waals surface area (Å²) >= 11 is 0. The van der Waals surface area contributed by atoms with Gasteiger partial charge in [0.25, 0.3) is 0 Å². The standard InChI is InChI=1S/C31H31N3O3/c1-21-24(17-32)15-10-16-25(21)29-26(30(36)22-11-6-4-7-12-22)18-34(20-28(35)33(2)3)19-27(29)31(37)23-13-8-5-9-14-23/h4-16,26-27,29H,18-20H2,1-3H3/t26-,27-/m0/s1. The molecular weight excluding hydrogens is 462 g/mol. The van der Waals surface area contributed by atoms with Crippen molar-refractivity contribution < 1.29 is 14.4 Å². The van der Waals surface area contributed by atoms with Gasteiger partial charge < -0.3 is 4.90 Å². The van der Waals surface area contributed by atoms with E-state index in [4.69, 9.17) is 0 Å². The Bertz CT molecular complexity index is 1270. The molecule has 6 heteroatoms. The largest absolute Gasteiger partial charge is 0.348 e. The third-order valence-electron chi connectivity index (χ3n) is 7.28. The molecule has 0 N–H and O–H groups in total. The van der Waals surface area contributed by atoms with Gasteiger partial charge in [0.05, 0.1) is 18.2 Å². The van der Waals surface area contributed by atoms with E-state index in [9.17, 15) is 19.6 Å². The molecule has 1 fully saturated rings. The minimum Gasteiger partial charge on any atom is -0.348 e. The van der Waals surface area contributed by atoms with Crippen molar-refractivity contribution in [2.24, 2.45) is 11.8 Å². The number of carbonyl (C=O) groups is 3. The van der Waals surface area contributed by atoms with Gasteiger partial charge >= 0.3 is 0 Å². The van der Waals surface area contributed by atoms with Gasteiger partial charge in [0.1, 0.15) is 0 Å². The Morgan fingerprint density at radius 3 is 1.81 bits per heavy atom. The fraction of sp³-hybridized carbons (Fsp3) is 0.290. The Hall–Kier alpha value is -4.08. The van der Waals surface area contributed by atoms with Crippen molar-refractivity contribution in [3.63, 3.8) is 0 Å². The number of rotatable bonds is 7. The molecule has 2 atom stereocenters. The molecule has 37 heavy (non-hydrogen) atoms. The lowest BCUT2D eigenvalue weighted by atomic mass is 9.67. The van der Waals surface area contributed by atoms with Crippen LogP contribution in [-0.2, 0) is 4.79 Å². The highest BCUT2D eigenvalue weighted by molar-refractivity contribution is 6.02. The maximum atomic E-state index is 14.0. The van der Waals surface area contributed by atoms with Crippen LogP contribution in [0.25, 0.3) is 0 Å². The summed E-state index contributed by atoms with van der Waals surface area (Å²) in [7, 11) is 3.40. The number of Topliss-reactive ketones (excluding diaryl/α,β-unsaturated/α-hetero) is 2. The first kappa shape index (κ1) is 26.0. The van der Waals surface area contributed by atoms with Crippen molar-refractivity contribution in [2.75, 3.05) is 33.7 Å². The van der Waals surface area contributed by atoms with Gasteiger partial charge in [-0.2, -0.15) is 5.26 Å². The maximum absolute atomic E-state index is 14.0. The van der Waals surface area contributed by atoms with Crippen LogP contribution in [0.15, 0.2) is 78.9 Å². The first-order valence-corrected chi connectivity index (χ1v) is 12.4. The van der Waals surface area contributed by atoms with Crippen LogP contribution in [0.2, 0.25) is 0 Å². The van der Waals surface area contributed by atoms with Gasteiger partial charge in [-0.3, -0.25) is 19.3 Å². The van der Waals surface area contributed by atoms with Crippen LogP contribution in [0, 0.1) is 30.1 Å². The van der Waals surface area contributed by atoms with Crippen molar-refractivity contribution in [2.45, 2.75) is 12.8 Å². The Kier molecular flexibility index (Phi) is 7.95. The summed E-state index contributed by atoms with van der Waals surface area (Å²) in [6.45, 7) is 2.68. The molecule has 0 aromatic heterocycles. The molecule has 0 bridgehead atoms. The molecule has 0 aliphatic carbocycles.